The van der Waals surface area contributed by atoms with E-state index < -0.39 is 0 Å². The lowest BCUT2D eigenvalue weighted by atomic mass is 10.4. The summed E-state index contributed by atoms with van der Waals surface area (Å²) in [7, 11) is 0. The Kier molecular flexibility index (Phi) is 2.52. The number of hydrogen-bond acceptors (Lipinski definition) is 4. The first kappa shape index (κ1) is 9.61. The van der Waals surface area contributed by atoms with E-state index in [4.69, 9.17) is 16.0 Å². The van der Waals surface area contributed by atoms with Crippen LogP contribution in [-0.4, -0.2) is 15.0 Å². The molecule has 72 valence electrons. The molecule has 2 aromatic rings. The molecule has 0 aliphatic carbocycles. The van der Waals surface area contributed by atoms with E-state index in [1.165, 1.54) is 6.26 Å². The van der Waals surface area contributed by atoms with E-state index in [0.29, 0.717) is 27.0 Å². The molecule has 0 aliphatic rings. The normalized spacial score (nSPS) is 10.5. The molecule has 0 aliphatic heterocycles. The van der Waals surface area contributed by atoms with Crippen LogP contribution >= 0.6 is 27.5 Å². The summed E-state index contributed by atoms with van der Waals surface area (Å²) < 4.78 is 5.70. The number of oxazole rings is 1. The molecule has 0 radical (unpaired) electrons. The van der Waals surface area contributed by atoms with E-state index in [1.54, 1.807) is 13.1 Å². The van der Waals surface area contributed by atoms with Crippen LogP contribution in [0, 0.1) is 6.92 Å². The molecule has 0 saturated carbocycles. The first-order chi connectivity index (χ1) is 6.66. The average molecular weight is 275 g/mol. The van der Waals surface area contributed by atoms with Crippen LogP contribution in [0.4, 0.5) is 0 Å². The Labute approximate surface area is 93.5 Å². The molecule has 14 heavy (non-hydrogen) atoms. The van der Waals surface area contributed by atoms with Crippen molar-refractivity contribution in [3.8, 4) is 11.5 Å². The van der Waals surface area contributed by atoms with Gasteiger partial charge in [-0.3, -0.25) is 0 Å². The Morgan fingerprint density at radius 2 is 2.21 bits per heavy atom. The van der Waals surface area contributed by atoms with Crippen LogP contribution in [0.1, 0.15) is 5.89 Å². The first-order valence-electron chi connectivity index (χ1n) is 3.77. The molecule has 2 heterocycles. The number of aromatic nitrogens is 3. The lowest BCUT2D eigenvalue weighted by molar-refractivity contribution is 0.521. The summed E-state index contributed by atoms with van der Waals surface area (Å²) in [5.41, 5.74) is 0.580. The lowest BCUT2D eigenvalue weighted by Gasteiger charge is -1.96. The second kappa shape index (κ2) is 3.67. The Hall–Kier alpha value is -0.940. The van der Waals surface area contributed by atoms with E-state index in [0.717, 1.165) is 0 Å². The predicted octanol–water partition coefficient (Wildman–Crippen LogP) is 2.86. The standard InChI is InChI=1S/C8H5BrClN3O/c1-4-12-6(3-14-4)8-11-2-5(9)7(10)13-8/h2-3H,1H3. The van der Waals surface area contributed by atoms with E-state index in [1.807, 2.05) is 0 Å². The van der Waals surface area contributed by atoms with Crippen molar-refractivity contribution >= 4 is 27.5 Å². The molecular formula is C8H5BrClN3O. The third kappa shape index (κ3) is 1.78. The van der Waals surface area contributed by atoms with Gasteiger partial charge < -0.3 is 4.42 Å². The van der Waals surface area contributed by atoms with Crippen molar-refractivity contribution < 1.29 is 4.42 Å². The Bertz CT molecular complexity index is 471. The Balaban J connectivity index is 2.47. The van der Waals surface area contributed by atoms with Crippen molar-refractivity contribution in [3.05, 3.63) is 28.0 Å². The summed E-state index contributed by atoms with van der Waals surface area (Å²) in [4.78, 5) is 12.2. The predicted molar refractivity (Wildman–Crippen MR) is 55.0 cm³/mol. The van der Waals surface area contributed by atoms with Gasteiger partial charge in [-0.05, 0) is 15.9 Å². The number of rotatable bonds is 1. The SMILES string of the molecule is Cc1nc(-c2ncc(Br)c(Cl)n2)co1. The van der Waals surface area contributed by atoms with E-state index >= 15 is 0 Å². The molecule has 4 nitrogen and oxygen atoms in total. The zero-order valence-corrected chi connectivity index (χ0v) is 9.50. The molecular weight excluding hydrogens is 269 g/mol. The minimum atomic E-state index is 0.357. The minimum absolute atomic E-state index is 0.357. The number of hydrogen-bond donors (Lipinski definition) is 0. The van der Waals surface area contributed by atoms with Crippen molar-refractivity contribution in [1.82, 2.24) is 15.0 Å². The highest BCUT2D eigenvalue weighted by atomic mass is 79.9. The van der Waals surface area contributed by atoms with Crippen LogP contribution in [0.15, 0.2) is 21.3 Å². The first-order valence-corrected chi connectivity index (χ1v) is 4.94. The molecule has 0 unspecified atom stereocenters. The van der Waals surface area contributed by atoms with Gasteiger partial charge in [0.15, 0.2) is 11.7 Å². The third-order valence-electron chi connectivity index (χ3n) is 1.55. The van der Waals surface area contributed by atoms with E-state index in [-0.39, 0.29) is 0 Å². The molecule has 6 heteroatoms. The van der Waals surface area contributed by atoms with Gasteiger partial charge in [0.2, 0.25) is 0 Å². The second-order valence-corrected chi connectivity index (χ2v) is 3.80. The van der Waals surface area contributed by atoms with Crippen LogP contribution in [0.25, 0.3) is 11.5 Å². The molecule has 0 atom stereocenters. The van der Waals surface area contributed by atoms with Gasteiger partial charge in [-0.25, -0.2) is 15.0 Å². The zero-order valence-electron chi connectivity index (χ0n) is 7.16. The fourth-order valence-electron chi connectivity index (χ4n) is 0.936. The molecule has 0 N–H and O–H groups in total. The molecule has 0 saturated heterocycles. The van der Waals surface area contributed by atoms with Crippen LogP contribution in [0.5, 0.6) is 0 Å². The van der Waals surface area contributed by atoms with E-state index in [2.05, 4.69) is 30.9 Å². The highest BCUT2D eigenvalue weighted by Crippen LogP contribution is 2.22. The molecule has 2 rings (SSSR count). The molecule has 2 aromatic heterocycles. The highest BCUT2D eigenvalue weighted by molar-refractivity contribution is 9.10. The monoisotopic (exact) mass is 273 g/mol. The molecule has 0 spiro atoms. The van der Waals surface area contributed by atoms with Crippen LogP contribution in [-0.2, 0) is 0 Å². The molecule has 0 bridgehead atoms. The van der Waals surface area contributed by atoms with Crippen molar-refractivity contribution in [1.29, 1.82) is 0 Å². The second-order valence-electron chi connectivity index (χ2n) is 2.58. The summed E-state index contributed by atoms with van der Waals surface area (Å²) in [6.07, 6.45) is 3.07. The largest absolute Gasteiger partial charge is 0.449 e. The van der Waals surface area contributed by atoms with Crippen LogP contribution < -0.4 is 0 Å². The van der Waals surface area contributed by atoms with Crippen LogP contribution in [0.2, 0.25) is 5.15 Å². The number of aryl methyl sites for hydroxylation is 1. The Morgan fingerprint density at radius 3 is 2.79 bits per heavy atom. The van der Waals surface area contributed by atoms with Gasteiger partial charge in [-0.15, -0.1) is 0 Å². The van der Waals surface area contributed by atoms with Gasteiger partial charge in [0, 0.05) is 13.1 Å². The fraction of sp³-hybridized carbons (Fsp3) is 0.125. The summed E-state index contributed by atoms with van der Waals surface area (Å²) in [6.45, 7) is 1.75. The smallest absolute Gasteiger partial charge is 0.191 e. The van der Waals surface area contributed by atoms with Crippen molar-refractivity contribution in [2.24, 2.45) is 0 Å². The van der Waals surface area contributed by atoms with Crippen LogP contribution in [0.3, 0.4) is 0 Å². The van der Waals surface area contributed by atoms with Crippen molar-refractivity contribution in [2.75, 3.05) is 0 Å². The van der Waals surface area contributed by atoms with Crippen molar-refractivity contribution in [2.45, 2.75) is 6.92 Å². The van der Waals surface area contributed by atoms with Gasteiger partial charge in [0.25, 0.3) is 0 Å². The summed E-state index contributed by atoms with van der Waals surface area (Å²) in [5, 5.41) is 0.357. The van der Waals surface area contributed by atoms with Gasteiger partial charge in [0.1, 0.15) is 17.1 Å². The van der Waals surface area contributed by atoms with Gasteiger partial charge >= 0.3 is 0 Å². The lowest BCUT2D eigenvalue weighted by Crippen LogP contribution is -1.89. The topological polar surface area (TPSA) is 51.8 Å². The Morgan fingerprint density at radius 1 is 1.43 bits per heavy atom. The molecule has 0 aromatic carbocycles. The number of nitrogens with zero attached hydrogens (tertiary/aromatic N) is 3. The average Bonchev–Trinajstić information content (AvgIpc) is 2.57. The van der Waals surface area contributed by atoms with Gasteiger partial charge in [-0.1, -0.05) is 11.6 Å². The summed E-state index contributed by atoms with van der Waals surface area (Å²) in [5.74, 6) is 1.03. The fourth-order valence-corrected chi connectivity index (χ4v) is 1.26. The number of halogens is 2. The molecule has 0 amide bonds. The highest BCUT2D eigenvalue weighted by Gasteiger charge is 2.08. The van der Waals surface area contributed by atoms with Gasteiger partial charge in [0.05, 0.1) is 4.47 Å². The van der Waals surface area contributed by atoms with Crippen molar-refractivity contribution in [3.63, 3.8) is 0 Å². The van der Waals surface area contributed by atoms with Gasteiger partial charge in [-0.2, -0.15) is 0 Å². The maximum Gasteiger partial charge on any atom is 0.191 e. The summed E-state index contributed by atoms with van der Waals surface area (Å²) in [6, 6.07) is 0. The zero-order chi connectivity index (χ0) is 10.1. The summed E-state index contributed by atoms with van der Waals surface area (Å²) >= 11 is 9.02. The maximum atomic E-state index is 5.81. The molecule has 0 fully saturated rings. The van der Waals surface area contributed by atoms with E-state index in [9.17, 15) is 0 Å². The third-order valence-corrected chi connectivity index (χ3v) is 2.65. The quantitative estimate of drug-likeness (QED) is 0.750. The minimum Gasteiger partial charge on any atom is -0.449 e. The maximum absolute atomic E-state index is 5.81.